The zero-order chi connectivity index (χ0) is 34.3. The standard InChI is InChI=1S/C37H56F3N7O/c1-5-9-31-12-10-26(6-2)35(48)47(31)19-8-18-41-34-32(37(38,39)40)25-42-36(44-34)43-33-13-11-29(24-27(33)7-3)28-14-22-46(23-15-28)30-16-20-45(4)21-17-30/h11,13,24-26,28,30-31H,5-10,12,14-23H2,1-4H3,(H2,41,42,43,44). The van der Waals surface area contributed by atoms with E-state index in [4.69, 9.17) is 0 Å². The Hall–Kier alpha value is -2.92. The Balaban J connectivity index is 1.21. The van der Waals surface area contributed by atoms with E-state index in [0.717, 1.165) is 81.9 Å². The third-order valence-corrected chi connectivity index (χ3v) is 11.0. The summed E-state index contributed by atoms with van der Waals surface area (Å²) in [5.41, 5.74) is 2.35. The normalized spacial score (nSPS) is 22.3. The summed E-state index contributed by atoms with van der Waals surface area (Å²) in [4.78, 5) is 28.5. The number of benzene rings is 1. The molecular weight excluding hydrogens is 615 g/mol. The van der Waals surface area contributed by atoms with E-state index < -0.39 is 11.7 Å². The van der Waals surface area contributed by atoms with Crippen LogP contribution in [0, 0.1) is 5.92 Å². The summed E-state index contributed by atoms with van der Waals surface area (Å²) in [6.07, 6.45) is 7.04. The van der Waals surface area contributed by atoms with Crippen LogP contribution in [0.3, 0.4) is 0 Å². The quantitative estimate of drug-likeness (QED) is 0.212. The summed E-state index contributed by atoms with van der Waals surface area (Å²) in [6.45, 7) is 11.7. The first-order chi connectivity index (χ1) is 23.1. The molecule has 4 heterocycles. The lowest BCUT2D eigenvalue weighted by Gasteiger charge is -2.41. The van der Waals surface area contributed by atoms with Gasteiger partial charge in [0.05, 0.1) is 0 Å². The fourth-order valence-electron chi connectivity index (χ4n) is 7.99. The number of carbonyl (C=O) groups excluding carboxylic acids is 1. The molecule has 8 nitrogen and oxygen atoms in total. The number of hydrogen-bond acceptors (Lipinski definition) is 7. The number of piperidine rings is 3. The van der Waals surface area contributed by atoms with Gasteiger partial charge < -0.3 is 25.3 Å². The van der Waals surface area contributed by atoms with Crippen LogP contribution in [0.4, 0.5) is 30.6 Å². The van der Waals surface area contributed by atoms with Crippen molar-refractivity contribution in [2.45, 2.75) is 116 Å². The fourth-order valence-corrected chi connectivity index (χ4v) is 7.99. The lowest BCUT2D eigenvalue weighted by molar-refractivity contribution is -0.142. The second-order valence-electron chi connectivity index (χ2n) is 14.1. The number of nitrogens with one attached hydrogen (secondary N) is 2. The van der Waals surface area contributed by atoms with Gasteiger partial charge in [-0.05, 0) is 121 Å². The van der Waals surface area contributed by atoms with E-state index >= 15 is 0 Å². The molecule has 0 bridgehead atoms. The molecule has 0 saturated carbocycles. The molecule has 11 heteroatoms. The highest BCUT2D eigenvalue weighted by Crippen LogP contribution is 2.36. The number of likely N-dealkylation sites (tertiary alicyclic amines) is 3. The molecule has 0 aliphatic carbocycles. The third kappa shape index (κ3) is 9.00. The molecule has 0 radical (unpaired) electrons. The van der Waals surface area contributed by atoms with Gasteiger partial charge in [0.2, 0.25) is 11.9 Å². The highest BCUT2D eigenvalue weighted by Gasteiger charge is 2.36. The predicted octanol–water partition coefficient (Wildman–Crippen LogP) is 7.69. The molecule has 2 aromatic rings. The number of anilines is 3. The van der Waals surface area contributed by atoms with Crippen molar-refractivity contribution in [2.24, 2.45) is 5.92 Å². The van der Waals surface area contributed by atoms with Crippen LogP contribution < -0.4 is 10.6 Å². The first-order valence-corrected chi connectivity index (χ1v) is 18.4. The maximum Gasteiger partial charge on any atom is 0.421 e. The van der Waals surface area contributed by atoms with Gasteiger partial charge in [0.1, 0.15) is 11.4 Å². The molecule has 3 aliphatic rings. The van der Waals surface area contributed by atoms with Crippen molar-refractivity contribution >= 4 is 23.4 Å². The maximum atomic E-state index is 14.0. The van der Waals surface area contributed by atoms with Crippen molar-refractivity contribution in [2.75, 3.05) is 56.9 Å². The van der Waals surface area contributed by atoms with Gasteiger partial charge in [0.25, 0.3) is 0 Å². The molecule has 1 aromatic heterocycles. The van der Waals surface area contributed by atoms with Crippen molar-refractivity contribution in [1.29, 1.82) is 0 Å². The average molecular weight is 672 g/mol. The molecule has 1 aromatic carbocycles. The Bertz CT molecular complexity index is 1340. The van der Waals surface area contributed by atoms with Gasteiger partial charge in [-0.2, -0.15) is 18.2 Å². The van der Waals surface area contributed by atoms with E-state index in [9.17, 15) is 18.0 Å². The molecule has 5 rings (SSSR count). The zero-order valence-electron chi connectivity index (χ0n) is 29.4. The largest absolute Gasteiger partial charge is 0.421 e. The van der Waals surface area contributed by atoms with Crippen molar-refractivity contribution in [3.63, 3.8) is 0 Å². The minimum absolute atomic E-state index is 0.0440. The number of carbonyl (C=O) groups is 1. The monoisotopic (exact) mass is 671 g/mol. The number of rotatable bonds is 13. The van der Waals surface area contributed by atoms with Crippen LogP contribution in [0.2, 0.25) is 0 Å². The van der Waals surface area contributed by atoms with Crippen LogP contribution in [0.25, 0.3) is 0 Å². The topological polar surface area (TPSA) is 76.6 Å². The van der Waals surface area contributed by atoms with Crippen molar-refractivity contribution in [3.05, 3.63) is 41.1 Å². The SMILES string of the molecule is CCCC1CCC(CC)C(=O)N1CCCNc1nc(Nc2ccc(C3CCN(C4CCN(C)CC4)CC3)cc2CC)ncc1C(F)(F)F. The van der Waals surface area contributed by atoms with E-state index in [2.05, 4.69) is 63.4 Å². The van der Waals surface area contributed by atoms with Gasteiger partial charge in [-0.15, -0.1) is 0 Å². The maximum absolute atomic E-state index is 14.0. The van der Waals surface area contributed by atoms with Crippen LogP contribution in [-0.4, -0.2) is 89.0 Å². The van der Waals surface area contributed by atoms with Crippen molar-refractivity contribution in [3.8, 4) is 0 Å². The average Bonchev–Trinajstić information content (AvgIpc) is 3.08. The second kappa shape index (κ2) is 16.7. The first-order valence-electron chi connectivity index (χ1n) is 18.4. The lowest BCUT2D eigenvalue weighted by atomic mass is 9.86. The molecule has 2 unspecified atom stereocenters. The number of aryl methyl sites for hydroxylation is 1. The smallest absolute Gasteiger partial charge is 0.369 e. The van der Waals surface area contributed by atoms with Gasteiger partial charge >= 0.3 is 6.18 Å². The van der Waals surface area contributed by atoms with Crippen molar-refractivity contribution < 1.29 is 18.0 Å². The van der Waals surface area contributed by atoms with Gasteiger partial charge in [0, 0.05) is 43.0 Å². The molecule has 3 aliphatic heterocycles. The minimum atomic E-state index is -4.59. The number of amides is 1. The van der Waals surface area contributed by atoms with Crippen LogP contribution in [-0.2, 0) is 17.4 Å². The molecule has 0 spiro atoms. The Morgan fingerprint density at radius 2 is 1.73 bits per heavy atom. The van der Waals surface area contributed by atoms with Gasteiger partial charge in [-0.1, -0.05) is 39.3 Å². The number of nitrogens with zero attached hydrogens (tertiary/aromatic N) is 5. The summed E-state index contributed by atoms with van der Waals surface area (Å²) in [6, 6.07) is 7.34. The molecule has 266 valence electrons. The number of alkyl halides is 3. The Kier molecular flexibility index (Phi) is 12.6. The highest BCUT2D eigenvalue weighted by molar-refractivity contribution is 5.80. The molecular formula is C37H56F3N7O. The molecule has 48 heavy (non-hydrogen) atoms. The minimum Gasteiger partial charge on any atom is -0.369 e. The predicted molar refractivity (Wildman–Crippen MR) is 187 cm³/mol. The Morgan fingerprint density at radius 3 is 2.40 bits per heavy atom. The molecule has 1 amide bonds. The molecule has 3 saturated heterocycles. The lowest BCUT2D eigenvalue weighted by Crippen LogP contribution is -2.48. The first kappa shape index (κ1) is 36.4. The van der Waals surface area contributed by atoms with Crippen molar-refractivity contribution in [1.82, 2.24) is 24.7 Å². The summed E-state index contributed by atoms with van der Waals surface area (Å²) in [5.74, 6) is 0.618. The summed E-state index contributed by atoms with van der Waals surface area (Å²) in [7, 11) is 2.21. The van der Waals surface area contributed by atoms with E-state index in [-0.39, 0.29) is 36.2 Å². The number of aromatic nitrogens is 2. The number of hydrogen-bond donors (Lipinski definition) is 2. The molecule has 2 N–H and O–H groups in total. The van der Waals surface area contributed by atoms with Crippen LogP contribution in [0.15, 0.2) is 24.4 Å². The molecule has 3 fully saturated rings. The second-order valence-corrected chi connectivity index (χ2v) is 14.1. The van der Waals surface area contributed by atoms with E-state index in [1.807, 2.05) is 17.9 Å². The van der Waals surface area contributed by atoms with E-state index in [0.29, 0.717) is 24.9 Å². The van der Waals surface area contributed by atoms with Gasteiger partial charge in [0.15, 0.2) is 0 Å². The summed E-state index contributed by atoms with van der Waals surface area (Å²) < 4.78 is 41.9. The zero-order valence-corrected chi connectivity index (χ0v) is 29.4. The Morgan fingerprint density at radius 1 is 0.979 bits per heavy atom. The molecule has 2 atom stereocenters. The van der Waals surface area contributed by atoms with Gasteiger partial charge in [-0.25, -0.2) is 4.98 Å². The Labute approximate surface area is 285 Å². The summed E-state index contributed by atoms with van der Waals surface area (Å²) >= 11 is 0. The fraction of sp³-hybridized carbons (Fsp3) is 0.703. The summed E-state index contributed by atoms with van der Waals surface area (Å²) in [5, 5.41) is 6.14. The van der Waals surface area contributed by atoms with E-state index in [1.54, 1.807) is 0 Å². The third-order valence-electron chi connectivity index (χ3n) is 11.0. The van der Waals surface area contributed by atoms with E-state index in [1.165, 1.54) is 31.5 Å². The van der Waals surface area contributed by atoms with Crippen LogP contribution in [0.5, 0.6) is 0 Å². The highest BCUT2D eigenvalue weighted by atomic mass is 19.4. The van der Waals surface area contributed by atoms with Crippen LogP contribution in [0.1, 0.15) is 108 Å². The van der Waals surface area contributed by atoms with Crippen LogP contribution >= 0.6 is 0 Å². The number of halogens is 3. The van der Waals surface area contributed by atoms with Gasteiger partial charge in [-0.3, -0.25) is 4.79 Å².